The molecule has 0 spiro atoms. The van der Waals surface area contributed by atoms with Crippen molar-refractivity contribution in [1.82, 2.24) is 0 Å². The zero-order valence-electron chi connectivity index (χ0n) is 6.76. The summed E-state index contributed by atoms with van der Waals surface area (Å²) in [5, 5.41) is 9.75. The van der Waals surface area contributed by atoms with Gasteiger partial charge in [0.1, 0.15) is 0 Å². The molecule has 0 saturated carbocycles. The minimum Gasteiger partial charge on any atom is -0.390 e. The maximum absolute atomic E-state index is 9.75. The SMILES string of the molecule is CCC1COCCC1(C)O. The van der Waals surface area contributed by atoms with Gasteiger partial charge in [0.25, 0.3) is 0 Å². The van der Waals surface area contributed by atoms with Crippen molar-refractivity contribution >= 4 is 0 Å². The molecule has 1 rings (SSSR count). The standard InChI is InChI=1S/C8H16O2/c1-3-7-6-10-5-4-8(7,2)9/h7,9H,3-6H2,1-2H3. The molecule has 0 radical (unpaired) electrons. The molecule has 0 bridgehead atoms. The Kier molecular flexibility index (Phi) is 2.32. The highest BCUT2D eigenvalue weighted by atomic mass is 16.5. The zero-order chi connectivity index (χ0) is 7.61. The predicted octanol–water partition coefficient (Wildman–Crippen LogP) is 1.18. The Bertz CT molecular complexity index is 110. The minimum absolute atomic E-state index is 0.334. The molecule has 0 aromatic carbocycles. The Hall–Kier alpha value is -0.0800. The summed E-state index contributed by atoms with van der Waals surface area (Å²) >= 11 is 0. The van der Waals surface area contributed by atoms with E-state index in [0.29, 0.717) is 12.5 Å². The Morgan fingerprint density at radius 3 is 2.80 bits per heavy atom. The Balaban J connectivity index is 2.51. The fourth-order valence-electron chi connectivity index (χ4n) is 1.45. The molecule has 0 amide bonds. The number of hydrogen-bond acceptors (Lipinski definition) is 2. The quantitative estimate of drug-likeness (QED) is 0.599. The fraction of sp³-hybridized carbons (Fsp3) is 1.00. The Labute approximate surface area is 62.2 Å². The Morgan fingerprint density at radius 1 is 1.70 bits per heavy atom. The van der Waals surface area contributed by atoms with Gasteiger partial charge in [-0.15, -0.1) is 0 Å². The molecule has 1 aliphatic rings. The zero-order valence-corrected chi connectivity index (χ0v) is 6.76. The average molecular weight is 144 g/mol. The number of rotatable bonds is 1. The van der Waals surface area contributed by atoms with Crippen LogP contribution in [0.15, 0.2) is 0 Å². The van der Waals surface area contributed by atoms with E-state index in [4.69, 9.17) is 4.74 Å². The van der Waals surface area contributed by atoms with Crippen molar-refractivity contribution in [2.24, 2.45) is 5.92 Å². The third kappa shape index (κ3) is 1.50. The summed E-state index contributed by atoms with van der Waals surface area (Å²) in [5.41, 5.74) is -0.479. The van der Waals surface area contributed by atoms with E-state index in [1.807, 2.05) is 6.92 Å². The molecule has 2 nitrogen and oxygen atoms in total. The summed E-state index contributed by atoms with van der Waals surface area (Å²) in [6.07, 6.45) is 1.79. The van der Waals surface area contributed by atoms with Gasteiger partial charge in [0, 0.05) is 12.5 Å². The summed E-state index contributed by atoms with van der Waals surface area (Å²) in [5.74, 6) is 0.334. The van der Waals surface area contributed by atoms with Crippen LogP contribution in [0.1, 0.15) is 26.7 Å². The molecule has 1 N–H and O–H groups in total. The summed E-state index contributed by atoms with van der Waals surface area (Å²) < 4.78 is 5.25. The van der Waals surface area contributed by atoms with Crippen LogP contribution in [0.25, 0.3) is 0 Å². The van der Waals surface area contributed by atoms with E-state index in [-0.39, 0.29) is 0 Å². The van der Waals surface area contributed by atoms with Crippen molar-refractivity contribution in [3.8, 4) is 0 Å². The van der Waals surface area contributed by atoms with Gasteiger partial charge in [-0.2, -0.15) is 0 Å². The van der Waals surface area contributed by atoms with Gasteiger partial charge >= 0.3 is 0 Å². The molecule has 0 aliphatic carbocycles. The molecule has 1 aliphatic heterocycles. The largest absolute Gasteiger partial charge is 0.390 e. The second kappa shape index (κ2) is 2.89. The molecule has 10 heavy (non-hydrogen) atoms. The number of aliphatic hydroxyl groups is 1. The normalized spacial score (nSPS) is 41.7. The molecule has 1 saturated heterocycles. The monoisotopic (exact) mass is 144 g/mol. The van der Waals surface area contributed by atoms with Crippen molar-refractivity contribution in [1.29, 1.82) is 0 Å². The smallest absolute Gasteiger partial charge is 0.0691 e. The van der Waals surface area contributed by atoms with E-state index in [2.05, 4.69) is 6.92 Å². The first-order chi connectivity index (χ1) is 4.67. The predicted molar refractivity (Wildman–Crippen MR) is 39.8 cm³/mol. The van der Waals surface area contributed by atoms with Crippen LogP contribution in [0.2, 0.25) is 0 Å². The highest BCUT2D eigenvalue weighted by Crippen LogP contribution is 2.27. The van der Waals surface area contributed by atoms with Gasteiger partial charge < -0.3 is 9.84 Å². The number of hydrogen-bond donors (Lipinski definition) is 1. The van der Waals surface area contributed by atoms with Gasteiger partial charge in [-0.25, -0.2) is 0 Å². The number of ether oxygens (including phenoxy) is 1. The molecule has 2 unspecified atom stereocenters. The molecule has 0 aromatic rings. The molecule has 2 heteroatoms. The van der Waals surface area contributed by atoms with Gasteiger partial charge in [-0.1, -0.05) is 6.92 Å². The van der Waals surface area contributed by atoms with Crippen molar-refractivity contribution in [3.63, 3.8) is 0 Å². The topological polar surface area (TPSA) is 29.5 Å². The highest BCUT2D eigenvalue weighted by molar-refractivity contribution is 4.83. The fourth-order valence-corrected chi connectivity index (χ4v) is 1.45. The van der Waals surface area contributed by atoms with Crippen LogP contribution in [-0.4, -0.2) is 23.9 Å². The van der Waals surface area contributed by atoms with Crippen LogP contribution >= 0.6 is 0 Å². The second-order valence-electron chi connectivity index (χ2n) is 3.29. The van der Waals surface area contributed by atoms with E-state index >= 15 is 0 Å². The van der Waals surface area contributed by atoms with Crippen LogP contribution in [-0.2, 0) is 4.74 Å². The maximum Gasteiger partial charge on any atom is 0.0691 e. The van der Waals surface area contributed by atoms with E-state index in [1.54, 1.807) is 0 Å². The molecule has 1 heterocycles. The molecule has 60 valence electrons. The average Bonchev–Trinajstić information content (AvgIpc) is 1.87. The summed E-state index contributed by atoms with van der Waals surface area (Å²) in [7, 11) is 0. The molecule has 0 aromatic heterocycles. The first-order valence-corrected chi connectivity index (χ1v) is 3.97. The third-order valence-electron chi connectivity index (χ3n) is 2.44. The first-order valence-electron chi connectivity index (χ1n) is 3.97. The van der Waals surface area contributed by atoms with Gasteiger partial charge in [-0.3, -0.25) is 0 Å². The van der Waals surface area contributed by atoms with Crippen molar-refractivity contribution in [2.75, 3.05) is 13.2 Å². The van der Waals surface area contributed by atoms with Gasteiger partial charge in [-0.05, 0) is 19.8 Å². The maximum atomic E-state index is 9.75. The second-order valence-corrected chi connectivity index (χ2v) is 3.29. The van der Waals surface area contributed by atoms with Crippen molar-refractivity contribution < 1.29 is 9.84 Å². The van der Waals surface area contributed by atoms with E-state index in [0.717, 1.165) is 19.4 Å². The highest BCUT2D eigenvalue weighted by Gasteiger charge is 2.33. The lowest BCUT2D eigenvalue weighted by molar-refractivity contribution is -0.101. The lowest BCUT2D eigenvalue weighted by atomic mass is 9.84. The first kappa shape index (κ1) is 8.02. The van der Waals surface area contributed by atoms with Crippen LogP contribution in [0, 0.1) is 5.92 Å². The molecular formula is C8H16O2. The van der Waals surface area contributed by atoms with Crippen LogP contribution < -0.4 is 0 Å². The van der Waals surface area contributed by atoms with Crippen molar-refractivity contribution in [2.45, 2.75) is 32.3 Å². The van der Waals surface area contributed by atoms with E-state index in [1.165, 1.54) is 0 Å². The summed E-state index contributed by atoms with van der Waals surface area (Å²) in [4.78, 5) is 0. The molecule has 2 atom stereocenters. The third-order valence-corrected chi connectivity index (χ3v) is 2.44. The van der Waals surface area contributed by atoms with Crippen LogP contribution in [0.3, 0.4) is 0 Å². The van der Waals surface area contributed by atoms with Gasteiger partial charge in [0.15, 0.2) is 0 Å². The van der Waals surface area contributed by atoms with Gasteiger partial charge in [0.05, 0.1) is 12.2 Å². The lowest BCUT2D eigenvalue weighted by Crippen LogP contribution is -2.42. The summed E-state index contributed by atoms with van der Waals surface area (Å²) in [6.45, 7) is 5.44. The van der Waals surface area contributed by atoms with E-state index in [9.17, 15) is 5.11 Å². The molecular weight excluding hydrogens is 128 g/mol. The van der Waals surface area contributed by atoms with E-state index < -0.39 is 5.60 Å². The minimum atomic E-state index is -0.479. The van der Waals surface area contributed by atoms with Crippen LogP contribution in [0.5, 0.6) is 0 Å². The van der Waals surface area contributed by atoms with Crippen LogP contribution in [0.4, 0.5) is 0 Å². The lowest BCUT2D eigenvalue weighted by Gasteiger charge is -2.36. The Morgan fingerprint density at radius 2 is 2.40 bits per heavy atom. The summed E-state index contributed by atoms with van der Waals surface area (Å²) in [6, 6.07) is 0. The van der Waals surface area contributed by atoms with Crippen molar-refractivity contribution in [3.05, 3.63) is 0 Å². The van der Waals surface area contributed by atoms with Gasteiger partial charge in [0.2, 0.25) is 0 Å². The molecule has 1 fully saturated rings.